The molecule has 9 rings (SSSR count). The van der Waals surface area contributed by atoms with Gasteiger partial charge in [-0.05, 0) is 72.8 Å². The maximum Gasteiger partial charge on any atom is 0.204 e. The number of hydrogen-bond donors (Lipinski definition) is 8. The van der Waals surface area contributed by atoms with E-state index in [9.17, 15) is 40.9 Å². The number of hydrogen-bond acceptors (Lipinski definition) is 8. The highest BCUT2D eigenvalue weighted by atomic mass is 16.4. The molecule has 0 atom stereocenters. The Morgan fingerprint density at radius 1 is 0.269 bits per heavy atom. The van der Waals surface area contributed by atoms with Crippen LogP contribution in [-0.2, 0) is 0 Å². The van der Waals surface area contributed by atoms with Gasteiger partial charge in [0.2, 0.25) is 23.0 Å². The second kappa shape index (κ2) is 11.1. The van der Waals surface area contributed by atoms with Gasteiger partial charge in [0, 0.05) is 32.7 Å². The Balaban J connectivity index is 1.51. The first-order valence-electron chi connectivity index (χ1n) is 16.4. The summed E-state index contributed by atoms with van der Waals surface area (Å²) in [5, 5.41) is 95.4. The van der Waals surface area contributed by atoms with Crippen LogP contribution < -0.4 is 0 Å². The minimum atomic E-state index is -1.02. The first-order valence-corrected chi connectivity index (χ1v) is 16.4. The van der Waals surface area contributed by atoms with Crippen LogP contribution in [0.25, 0.3) is 87.2 Å². The lowest BCUT2D eigenvalue weighted by atomic mass is 9.81. The third-order valence-electron chi connectivity index (χ3n) is 10.1. The topological polar surface area (TPSA) is 162 Å². The normalized spacial score (nSPS) is 11.7. The van der Waals surface area contributed by atoms with Crippen molar-refractivity contribution in [3.8, 4) is 79.4 Å². The summed E-state index contributed by atoms with van der Waals surface area (Å²) in [5.41, 5.74) is 2.30. The second-order valence-corrected chi connectivity index (χ2v) is 12.9. The Bertz CT molecular complexity index is 2920. The lowest BCUT2D eigenvalue weighted by molar-refractivity contribution is 0.350. The SMILES string of the molecule is Oc1c(O)c(O)c2c(-c3cc4ccccc4c4ccccc34)c3c(O)c(O)c(O)c(O)c3c(-c3cccc(-c4ccc5ccccc5c4)c3)c2c1O. The number of benzene rings is 9. The summed E-state index contributed by atoms with van der Waals surface area (Å²) >= 11 is 0. The summed E-state index contributed by atoms with van der Waals surface area (Å²) in [6, 6.07) is 37.7. The molecular formula is C44H28O8. The van der Waals surface area contributed by atoms with Crippen molar-refractivity contribution in [1.82, 2.24) is 0 Å². The maximum atomic E-state index is 11.8. The Morgan fingerprint density at radius 2 is 0.731 bits per heavy atom. The van der Waals surface area contributed by atoms with Crippen LogP contribution in [0, 0.1) is 0 Å². The molecule has 252 valence electrons. The van der Waals surface area contributed by atoms with Gasteiger partial charge in [-0.2, -0.15) is 0 Å². The van der Waals surface area contributed by atoms with Crippen molar-refractivity contribution in [1.29, 1.82) is 0 Å². The fourth-order valence-corrected chi connectivity index (χ4v) is 7.66. The van der Waals surface area contributed by atoms with Gasteiger partial charge in [-0.1, -0.05) is 103 Å². The third kappa shape index (κ3) is 4.21. The Labute approximate surface area is 294 Å². The fourth-order valence-electron chi connectivity index (χ4n) is 7.66. The highest BCUT2D eigenvalue weighted by Crippen LogP contribution is 2.62. The minimum Gasteiger partial charge on any atom is -0.504 e. The van der Waals surface area contributed by atoms with E-state index < -0.39 is 46.0 Å². The van der Waals surface area contributed by atoms with Gasteiger partial charge < -0.3 is 40.9 Å². The molecule has 9 aromatic rings. The molecule has 8 nitrogen and oxygen atoms in total. The molecule has 0 unspecified atom stereocenters. The van der Waals surface area contributed by atoms with Crippen LogP contribution in [0.5, 0.6) is 46.0 Å². The zero-order chi connectivity index (χ0) is 36.0. The molecule has 0 aliphatic heterocycles. The maximum absolute atomic E-state index is 11.8. The van der Waals surface area contributed by atoms with Crippen molar-refractivity contribution in [2.45, 2.75) is 0 Å². The zero-order valence-corrected chi connectivity index (χ0v) is 27.1. The molecule has 0 saturated carbocycles. The number of rotatable bonds is 3. The number of aromatic hydroxyl groups is 8. The lowest BCUT2D eigenvalue weighted by Gasteiger charge is -2.23. The highest BCUT2D eigenvalue weighted by Gasteiger charge is 2.33. The van der Waals surface area contributed by atoms with Crippen LogP contribution in [0.2, 0.25) is 0 Å². The Morgan fingerprint density at radius 3 is 1.35 bits per heavy atom. The minimum absolute atomic E-state index is 0.00677. The van der Waals surface area contributed by atoms with E-state index in [0.29, 0.717) is 16.5 Å². The van der Waals surface area contributed by atoms with Crippen molar-refractivity contribution in [2.24, 2.45) is 0 Å². The van der Waals surface area contributed by atoms with Crippen molar-refractivity contribution in [2.75, 3.05) is 0 Å². The van der Waals surface area contributed by atoms with Crippen LogP contribution in [-0.4, -0.2) is 40.9 Å². The van der Waals surface area contributed by atoms with E-state index in [2.05, 4.69) is 0 Å². The molecule has 0 spiro atoms. The van der Waals surface area contributed by atoms with Gasteiger partial charge in [-0.25, -0.2) is 0 Å². The number of phenolic OH excluding ortho intramolecular Hbond substituents is 8. The number of fused-ring (bicyclic) bond motifs is 6. The van der Waals surface area contributed by atoms with Crippen LogP contribution >= 0.6 is 0 Å². The van der Waals surface area contributed by atoms with Crippen molar-refractivity contribution in [3.63, 3.8) is 0 Å². The van der Waals surface area contributed by atoms with E-state index in [4.69, 9.17) is 0 Å². The Hall–Kier alpha value is -7.32. The van der Waals surface area contributed by atoms with E-state index in [-0.39, 0.29) is 32.7 Å². The van der Waals surface area contributed by atoms with E-state index >= 15 is 0 Å². The predicted molar refractivity (Wildman–Crippen MR) is 204 cm³/mol. The molecule has 8 heteroatoms. The summed E-state index contributed by atoms with van der Waals surface area (Å²) in [6.45, 7) is 0. The predicted octanol–water partition coefficient (Wildman–Crippen LogP) is 10.1. The first-order chi connectivity index (χ1) is 25.2. The van der Waals surface area contributed by atoms with Gasteiger partial charge in [0.25, 0.3) is 0 Å². The fraction of sp³-hybridized carbons (Fsp3) is 0. The molecule has 8 N–H and O–H groups in total. The quantitative estimate of drug-likeness (QED) is 0.0395. The van der Waals surface area contributed by atoms with Gasteiger partial charge in [0.05, 0.1) is 0 Å². The third-order valence-corrected chi connectivity index (χ3v) is 10.1. The van der Waals surface area contributed by atoms with Gasteiger partial charge in [0.15, 0.2) is 23.0 Å². The summed E-state index contributed by atoms with van der Waals surface area (Å²) < 4.78 is 0. The largest absolute Gasteiger partial charge is 0.504 e. The summed E-state index contributed by atoms with van der Waals surface area (Å²) in [4.78, 5) is 0. The van der Waals surface area contributed by atoms with Gasteiger partial charge >= 0.3 is 0 Å². The molecule has 0 bridgehead atoms. The molecular weight excluding hydrogens is 656 g/mol. The van der Waals surface area contributed by atoms with Gasteiger partial charge in [0.1, 0.15) is 0 Å². The molecule has 0 amide bonds. The van der Waals surface area contributed by atoms with Crippen LogP contribution in [0.1, 0.15) is 0 Å². The molecule has 52 heavy (non-hydrogen) atoms. The Kier molecular flexibility index (Phi) is 6.55. The monoisotopic (exact) mass is 684 g/mol. The molecule has 0 aliphatic carbocycles. The first kappa shape index (κ1) is 30.7. The summed E-state index contributed by atoms with van der Waals surface area (Å²) in [6.07, 6.45) is 0. The van der Waals surface area contributed by atoms with E-state index in [0.717, 1.165) is 38.1 Å². The average Bonchev–Trinajstić information content (AvgIpc) is 3.19. The molecule has 9 aromatic carbocycles. The molecule has 0 radical (unpaired) electrons. The van der Waals surface area contributed by atoms with Crippen LogP contribution in [0.4, 0.5) is 0 Å². The molecule has 0 fully saturated rings. The molecule has 0 aliphatic rings. The smallest absolute Gasteiger partial charge is 0.204 e. The van der Waals surface area contributed by atoms with Crippen molar-refractivity contribution < 1.29 is 40.9 Å². The molecule has 0 heterocycles. The van der Waals surface area contributed by atoms with Gasteiger partial charge in [-0.3, -0.25) is 0 Å². The summed E-state index contributed by atoms with van der Waals surface area (Å²) in [7, 11) is 0. The van der Waals surface area contributed by atoms with E-state index in [1.165, 1.54) is 0 Å². The molecule has 0 aromatic heterocycles. The van der Waals surface area contributed by atoms with Crippen molar-refractivity contribution >= 4 is 53.9 Å². The van der Waals surface area contributed by atoms with Gasteiger partial charge in [-0.15, -0.1) is 0 Å². The highest BCUT2D eigenvalue weighted by molar-refractivity contribution is 6.31. The van der Waals surface area contributed by atoms with Crippen LogP contribution in [0.3, 0.4) is 0 Å². The average molecular weight is 685 g/mol. The summed E-state index contributed by atoms with van der Waals surface area (Å²) in [5.74, 6) is -7.35. The number of phenols is 8. The van der Waals surface area contributed by atoms with E-state index in [1.807, 2.05) is 91.0 Å². The lowest BCUT2D eigenvalue weighted by Crippen LogP contribution is -1.95. The second-order valence-electron chi connectivity index (χ2n) is 12.9. The van der Waals surface area contributed by atoms with Crippen molar-refractivity contribution in [3.05, 3.63) is 121 Å². The van der Waals surface area contributed by atoms with E-state index in [1.54, 1.807) is 30.3 Å². The molecule has 0 saturated heterocycles. The zero-order valence-electron chi connectivity index (χ0n) is 27.1. The van der Waals surface area contributed by atoms with Crippen LogP contribution in [0.15, 0.2) is 121 Å². The standard InChI is InChI=1S/C44H28O8/c45-37-33-31(26-12-7-11-23(19-26)24-17-16-21-8-1-2-9-22(21)18-24)34-36(40(48)44(52)42(50)38(34)46)32(35(33)39(47)43(51)41(37)49)30-20-25-10-3-4-13-27(25)28-14-5-6-15-29(28)30/h1-20,45-52H.